The highest BCUT2D eigenvalue weighted by molar-refractivity contribution is 5.51. The van der Waals surface area contributed by atoms with Crippen molar-refractivity contribution in [1.29, 1.82) is 5.26 Å². The van der Waals surface area contributed by atoms with Crippen molar-refractivity contribution >= 4 is 5.69 Å². The number of hydrogen-bond donors (Lipinski definition) is 0. The van der Waals surface area contributed by atoms with Crippen LogP contribution in [0.25, 0.3) is 0 Å². The van der Waals surface area contributed by atoms with Crippen LogP contribution in [-0.4, -0.2) is 4.92 Å². The van der Waals surface area contributed by atoms with Gasteiger partial charge in [-0.25, -0.2) is 4.39 Å². The highest BCUT2D eigenvalue weighted by Gasteiger charge is 2.19. The fourth-order valence-electron chi connectivity index (χ4n) is 1.26. The van der Waals surface area contributed by atoms with Crippen molar-refractivity contribution in [2.75, 3.05) is 0 Å². The van der Waals surface area contributed by atoms with Gasteiger partial charge in [0.25, 0.3) is 5.69 Å². The number of nitro benzene ring substituents is 1. The van der Waals surface area contributed by atoms with E-state index >= 15 is 0 Å². The molecule has 0 aliphatic carbocycles. The van der Waals surface area contributed by atoms with E-state index in [0.717, 1.165) is 12.1 Å². The Morgan fingerprint density at radius 1 is 1.64 bits per heavy atom. The summed E-state index contributed by atoms with van der Waals surface area (Å²) in [6, 6.07) is 3.65. The summed E-state index contributed by atoms with van der Waals surface area (Å²) in [7, 11) is 0. The lowest BCUT2D eigenvalue weighted by molar-refractivity contribution is -0.385. The Morgan fingerprint density at radius 2 is 2.29 bits per heavy atom. The molecule has 5 heteroatoms. The van der Waals surface area contributed by atoms with Crippen LogP contribution in [0.4, 0.5) is 10.1 Å². The predicted molar refractivity (Wildman–Crippen MR) is 47.1 cm³/mol. The first kappa shape index (κ1) is 10.1. The minimum Gasteiger partial charge on any atom is -0.258 e. The lowest BCUT2D eigenvalue weighted by Crippen LogP contribution is -1.99. The van der Waals surface area contributed by atoms with E-state index in [1.807, 2.05) is 0 Å². The third kappa shape index (κ3) is 1.55. The standard InChI is InChI=1S/C9H7FN2O2/c1-2-6-7(5-11)8(10)3-4-9(6)12(13)14/h3-4H,2H2,1H3. The molecule has 0 fully saturated rings. The van der Waals surface area contributed by atoms with Crippen LogP contribution in [0.15, 0.2) is 12.1 Å². The molecule has 0 N–H and O–H groups in total. The van der Waals surface area contributed by atoms with Gasteiger partial charge in [-0.15, -0.1) is 0 Å². The van der Waals surface area contributed by atoms with E-state index in [9.17, 15) is 14.5 Å². The molecule has 0 heterocycles. The van der Waals surface area contributed by atoms with E-state index in [1.165, 1.54) is 0 Å². The summed E-state index contributed by atoms with van der Waals surface area (Å²) in [5.41, 5.74) is -0.287. The molecular formula is C9H7FN2O2. The number of halogens is 1. The molecule has 0 saturated carbocycles. The fraction of sp³-hybridized carbons (Fsp3) is 0.222. The minimum atomic E-state index is -0.713. The summed E-state index contributed by atoms with van der Waals surface area (Å²) >= 11 is 0. The molecule has 0 aliphatic rings. The predicted octanol–water partition coefficient (Wildman–Crippen LogP) is 2.17. The number of hydrogen-bond acceptors (Lipinski definition) is 3. The van der Waals surface area contributed by atoms with Crippen LogP contribution in [0.1, 0.15) is 18.1 Å². The first-order valence-electron chi connectivity index (χ1n) is 3.97. The van der Waals surface area contributed by atoms with Crippen molar-refractivity contribution in [3.05, 3.63) is 39.2 Å². The zero-order chi connectivity index (χ0) is 10.7. The van der Waals surface area contributed by atoms with Crippen molar-refractivity contribution in [3.63, 3.8) is 0 Å². The van der Waals surface area contributed by atoms with Gasteiger partial charge < -0.3 is 0 Å². The Kier molecular flexibility index (Phi) is 2.77. The molecule has 0 atom stereocenters. The van der Waals surface area contributed by atoms with E-state index in [1.54, 1.807) is 13.0 Å². The number of nitro groups is 1. The Hall–Kier alpha value is -1.96. The molecule has 0 bridgehead atoms. The Bertz CT molecular complexity index is 424. The van der Waals surface area contributed by atoms with E-state index in [0.29, 0.717) is 0 Å². The molecule has 1 rings (SSSR count). The molecular weight excluding hydrogens is 187 g/mol. The topological polar surface area (TPSA) is 66.9 Å². The average Bonchev–Trinajstić information content (AvgIpc) is 2.16. The maximum absolute atomic E-state index is 13.0. The molecule has 0 spiro atoms. The minimum absolute atomic E-state index is 0.150. The summed E-state index contributed by atoms with van der Waals surface area (Å²) in [4.78, 5) is 9.92. The number of nitrogens with zero attached hydrogens (tertiary/aromatic N) is 2. The molecule has 4 nitrogen and oxygen atoms in total. The summed E-state index contributed by atoms with van der Waals surface area (Å²) in [5, 5.41) is 19.2. The smallest absolute Gasteiger partial charge is 0.258 e. The van der Waals surface area contributed by atoms with Gasteiger partial charge in [0.15, 0.2) is 0 Å². The zero-order valence-corrected chi connectivity index (χ0v) is 7.45. The fourth-order valence-corrected chi connectivity index (χ4v) is 1.26. The molecule has 72 valence electrons. The lowest BCUT2D eigenvalue weighted by atomic mass is 10.0. The van der Waals surface area contributed by atoms with E-state index in [2.05, 4.69) is 0 Å². The molecule has 0 amide bonds. The SMILES string of the molecule is CCc1c([N+](=O)[O-])ccc(F)c1C#N. The molecule has 0 saturated heterocycles. The largest absolute Gasteiger partial charge is 0.274 e. The van der Waals surface area contributed by atoms with Crippen molar-refractivity contribution < 1.29 is 9.31 Å². The molecule has 1 aromatic rings. The number of nitriles is 1. The van der Waals surface area contributed by atoms with Crippen molar-refractivity contribution in [3.8, 4) is 6.07 Å². The van der Waals surface area contributed by atoms with Crippen LogP contribution in [0, 0.1) is 27.3 Å². The van der Waals surface area contributed by atoms with Gasteiger partial charge in [-0.1, -0.05) is 6.92 Å². The molecule has 1 aromatic carbocycles. The monoisotopic (exact) mass is 194 g/mol. The quantitative estimate of drug-likeness (QED) is 0.535. The van der Waals surface area contributed by atoms with E-state index < -0.39 is 10.7 Å². The Morgan fingerprint density at radius 3 is 2.71 bits per heavy atom. The first-order valence-corrected chi connectivity index (χ1v) is 3.97. The van der Waals surface area contributed by atoms with Crippen molar-refractivity contribution in [2.45, 2.75) is 13.3 Å². The highest BCUT2D eigenvalue weighted by Crippen LogP contribution is 2.24. The van der Waals surface area contributed by atoms with Gasteiger partial charge in [0.2, 0.25) is 0 Å². The van der Waals surface area contributed by atoms with Crippen LogP contribution >= 0.6 is 0 Å². The van der Waals surface area contributed by atoms with E-state index in [4.69, 9.17) is 5.26 Å². The first-order chi connectivity index (χ1) is 6.61. The molecule has 0 radical (unpaired) electrons. The Balaban J connectivity index is 3.50. The summed E-state index contributed by atoms with van der Waals surface area (Å²) < 4.78 is 13.0. The summed E-state index contributed by atoms with van der Waals surface area (Å²) in [5.74, 6) is -0.713. The van der Waals surface area contributed by atoms with Gasteiger partial charge in [-0.2, -0.15) is 5.26 Å². The van der Waals surface area contributed by atoms with Gasteiger partial charge in [-0.05, 0) is 12.5 Å². The van der Waals surface area contributed by atoms with Crippen LogP contribution in [0.3, 0.4) is 0 Å². The van der Waals surface area contributed by atoms with Crippen molar-refractivity contribution in [2.24, 2.45) is 0 Å². The second-order valence-corrected chi connectivity index (χ2v) is 2.64. The summed E-state index contributed by atoms with van der Waals surface area (Å²) in [6.07, 6.45) is 0.261. The number of rotatable bonds is 2. The van der Waals surface area contributed by atoms with Crippen LogP contribution in [-0.2, 0) is 6.42 Å². The van der Waals surface area contributed by atoms with Gasteiger partial charge >= 0.3 is 0 Å². The third-order valence-electron chi connectivity index (χ3n) is 1.90. The number of benzene rings is 1. The maximum atomic E-state index is 13.0. The lowest BCUT2D eigenvalue weighted by Gasteiger charge is -2.02. The van der Waals surface area contributed by atoms with Gasteiger partial charge in [0.05, 0.1) is 16.1 Å². The van der Waals surface area contributed by atoms with Gasteiger partial charge in [-0.3, -0.25) is 10.1 Å². The third-order valence-corrected chi connectivity index (χ3v) is 1.90. The molecule has 14 heavy (non-hydrogen) atoms. The van der Waals surface area contributed by atoms with Crippen LogP contribution in [0.2, 0.25) is 0 Å². The molecule has 0 aliphatic heterocycles. The summed E-state index contributed by atoms with van der Waals surface area (Å²) in [6.45, 7) is 1.64. The second kappa shape index (κ2) is 3.83. The normalized spacial score (nSPS) is 9.50. The maximum Gasteiger partial charge on any atom is 0.274 e. The second-order valence-electron chi connectivity index (χ2n) is 2.64. The van der Waals surface area contributed by atoms with Crippen molar-refractivity contribution in [1.82, 2.24) is 0 Å². The van der Waals surface area contributed by atoms with Gasteiger partial charge in [0.1, 0.15) is 11.9 Å². The van der Waals surface area contributed by atoms with Crippen LogP contribution in [0.5, 0.6) is 0 Å². The average molecular weight is 194 g/mol. The molecule has 0 unspecified atom stereocenters. The molecule has 0 aromatic heterocycles. The van der Waals surface area contributed by atoms with Crippen LogP contribution < -0.4 is 0 Å². The van der Waals surface area contributed by atoms with E-state index in [-0.39, 0.29) is 23.2 Å². The Labute approximate surface area is 79.7 Å². The zero-order valence-electron chi connectivity index (χ0n) is 7.45. The highest BCUT2D eigenvalue weighted by atomic mass is 19.1. The van der Waals surface area contributed by atoms with Gasteiger partial charge in [0, 0.05) is 6.07 Å².